The summed E-state index contributed by atoms with van der Waals surface area (Å²) in [5.41, 5.74) is -0.0460. The molecular weight excluding hydrogens is 245 g/mol. The lowest BCUT2D eigenvalue weighted by Gasteiger charge is -2.33. The van der Waals surface area contributed by atoms with Crippen molar-refractivity contribution in [3.05, 3.63) is 35.6 Å². The molecule has 0 saturated heterocycles. The van der Waals surface area contributed by atoms with Crippen LogP contribution >= 0.6 is 0 Å². The van der Waals surface area contributed by atoms with E-state index in [0.29, 0.717) is 25.1 Å². The number of benzene rings is 1. The Morgan fingerprint density at radius 3 is 2.58 bits per heavy atom. The second kappa shape index (κ2) is 6.66. The summed E-state index contributed by atoms with van der Waals surface area (Å²) in [5, 5.41) is 0. The van der Waals surface area contributed by atoms with Gasteiger partial charge in [0.1, 0.15) is 11.4 Å². The Labute approximate surface area is 114 Å². The Kier molecular flexibility index (Phi) is 5.48. The molecule has 0 unspecified atom stereocenters. The molecule has 0 aliphatic heterocycles. The molecule has 106 valence electrons. The molecule has 1 aromatic carbocycles. The first-order valence-corrected chi connectivity index (χ1v) is 6.51. The van der Waals surface area contributed by atoms with E-state index in [1.807, 2.05) is 31.9 Å². The van der Waals surface area contributed by atoms with Crippen molar-refractivity contribution in [1.29, 1.82) is 0 Å². The summed E-state index contributed by atoms with van der Waals surface area (Å²) in [4.78, 5) is 13.7. The molecule has 0 fully saturated rings. The third kappa shape index (κ3) is 4.03. The standard InChI is InChI=1S/C15H22FNO2/c1-5-19-14(18)15(2,3)17(4)11-10-12-8-6-7-9-13(12)16/h6-9H,5,10-11H2,1-4H3. The van der Waals surface area contributed by atoms with E-state index in [1.54, 1.807) is 19.1 Å². The van der Waals surface area contributed by atoms with Crippen LogP contribution in [0.3, 0.4) is 0 Å². The van der Waals surface area contributed by atoms with E-state index in [1.165, 1.54) is 6.07 Å². The molecule has 0 aliphatic rings. The van der Waals surface area contributed by atoms with Gasteiger partial charge in [-0.2, -0.15) is 0 Å². The van der Waals surface area contributed by atoms with Crippen LogP contribution in [0.2, 0.25) is 0 Å². The average Bonchev–Trinajstić information content (AvgIpc) is 2.37. The molecule has 0 amide bonds. The number of esters is 1. The lowest BCUT2D eigenvalue weighted by Crippen LogP contribution is -2.49. The van der Waals surface area contributed by atoms with Gasteiger partial charge in [-0.3, -0.25) is 9.69 Å². The van der Waals surface area contributed by atoms with Gasteiger partial charge in [-0.15, -0.1) is 0 Å². The zero-order chi connectivity index (χ0) is 14.5. The smallest absolute Gasteiger partial charge is 0.325 e. The van der Waals surface area contributed by atoms with Crippen LogP contribution in [0.25, 0.3) is 0 Å². The highest BCUT2D eigenvalue weighted by Crippen LogP contribution is 2.16. The number of likely N-dealkylation sites (N-methyl/N-ethyl adjacent to an activating group) is 1. The zero-order valence-corrected chi connectivity index (χ0v) is 12.1. The molecule has 3 nitrogen and oxygen atoms in total. The fraction of sp³-hybridized carbons (Fsp3) is 0.533. The van der Waals surface area contributed by atoms with Gasteiger partial charge in [0.05, 0.1) is 6.61 Å². The second-order valence-electron chi connectivity index (χ2n) is 5.04. The van der Waals surface area contributed by atoms with E-state index in [2.05, 4.69) is 0 Å². The molecule has 0 aromatic heterocycles. The third-order valence-electron chi connectivity index (χ3n) is 3.40. The number of hydrogen-bond acceptors (Lipinski definition) is 3. The first kappa shape index (κ1) is 15.6. The van der Waals surface area contributed by atoms with E-state index >= 15 is 0 Å². The van der Waals surface area contributed by atoms with E-state index in [4.69, 9.17) is 4.74 Å². The summed E-state index contributed by atoms with van der Waals surface area (Å²) < 4.78 is 18.6. The maximum atomic E-state index is 13.5. The molecule has 1 aromatic rings. The van der Waals surface area contributed by atoms with Crippen molar-refractivity contribution in [3.63, 3.8) is 0 Å². The van der Waals surface area contributed by atoms with Crippen LogP contribution in [0.15, 0.2) is 24.3 Å². The minimum Gasteiger partial charge on any atom is -0.465 e. The minimum atomic E-state index is -0.707. The minimum absolute atomic E-state index is 0.204. The van der Waals surface area contributed by atoms with Crippen LogP contribution in [0.5, 0.6) is 0 Å². The Hall–Kier alpha value is -1.42. The molecule has 0 spiro atoms. The van der Waals surface area contributed by atoms with Gasteiger partial charge in [-0.05, 0) is 45.9 Å². The number of carbonyl (C=O) groups is 1. The first-order chi connectivity index (χ1) is 8.89. The number of rotatable bonds is 6. The fourth-order valence-corrected chi connectivity index (χ4v) is 1.73. The Bertz CT molecular complexity index is 432. The molecule has 1 rings (SSSR count). The Balaban J connectivity index is 2.62. The number of halogens is 1. The van der Waals surface area contributed by atoms with Crippen molar-refractivity contribution in [2.75, 3.05) is 20.2 Å². The molecule has 0 radical (unpaired) electrons. The van der Waals surface area contributed by atoms with Crippen molar-refractivity contribution in [2.24, 2.45) is 0 Å². The molecule has 0 aliphatic carbocycles. The van der Waals surface area contributed by atoms with Crippen LogP contribution in [0, 0.1) is 5.82 Å². The predicted octanol–water partition coefficient (Wildman–Crippen LogP) is 2.64. The van der Waals surface area contributed by atoms with Gasteiger partial charge in [0.25, 0.3) is 0 Å². The summed E-state index contributed by atoms with van der Waals surface area (Å²) in [6, 6.07) is 6.70. The second-order valence-corrected chi connectivity index (χ2v) is 5.04. The number of carbonyl (C=O) groups excluding carboxylic acids is 1. The maximum Gasteiger partial charge on any atom is 0.325 e. The van der Waals surface area contributed by atoms with E-state index in [9.17, 15) is 9.18 Å². The normalized spacial score (nSPS) is 11.7. The van der Waals surface area contributed by atoms with Crippen LogP contribution in [0.1, 0.15) is 26.3 Å². The van der Waals surface area contributed by atoms with Crippen molar-refractivity contribution in [2.45, 2.75) is 32.7 Å². The summed E-state index contributed by atoms with van der Waals surface area (Å²) >= 11 is 0. The van der Waals surface area contributed by atoms with E-state index < -0.39 is 5.54 Å². The van der Waals surface area contributed by atoms with Crippen molar-refractivity contribution in [3.8, 4) is 0 Å². The van der Waals surface area contributed by atoms with Gasteiger partial charge in [-0.1, -0.05) is 18.2 Å². The number of hydrogen-bond donors (Lipinski definition) is 0. The fourth-order valence-electron chi connectivity index (χ4n) is 1.73. The van der Waals surface area contributed by atoms with Crippen molar-refractivity contribution < 1.29 is 13.9 Å². The van der Waals surface area contributed by atoms with Gasteiger partial charge in [0.2, 0.25) is 0 Å². The Morgan fingerprint density at radius 2 is 2.00 bits per heavy atom. The first-order valence-electron chi connectivity index (χ1n) is 6.51. The average molecular weight is 267 g/mol. The molecule has 0 N–H and O–H groups in total. The Morgan fingerprint density at radius 1 is 1.37 bits per heavy atom. The van der Waals surface area contributed by atoms with Gasteiger partial charge in [0.15, 0.2) is 0 Å². The largest absolute Gasteiger partial charge is 0.465 e. The number of nitrogens with zero attached hydrogens (tertiary/aromatic N) is 1. The highest BCUT2D eigenvalue weighted by molar-refractivity contribution is 5.79. The van der Waals surface area contributed by atoms with Crippen LogP contribution in [-0.4, -0.2) is 36.6 Å². The van der Waals surface area contributed by atoms with Crippen molar-refractivity contribution >= 4 is 5.97 Å². The lowest BCUT2D eigenvalue weighted by molar-refractivity contribution is -0.154. The summed E-state index contributed by atoms with van der Waals surface area (Å²) in [6.07, 6.45) is 0.562. The van der Waals surface area contributed by atoms with Crippen LogP contribution in [0.4, 0.5) is 4.39 Å². The maximum absolute atomic E-state index is 13.5. The van der Waals surface area contributed by atoms with Crippen molar-refractivity contribution in [1.82, 2.24) is 4.90 Å². The monoisotopic (exact) mass is 267 g/mol. The summed E-state index contributed by atoms with van der Waals surface area (Å²) in [6.45, 7) is 6.36. The van der Waals surface area contributed by atoms with Crippen LogP contribution in [-0.2, 0) is 16.0 Å². The molecule has 0 bridgehead atoms. The van der Waals surface area contributed by atoms with Gasteiger partial charge < -0.3 is 4.74 Å². The lowest BCUT2D eigenvalue weighted by atomic mass is 10.0. The van der Waals surface area contributed by atoms with E-state index in [0.717, 1.165) is 0 Å². The summed E-state index contributed by atoms with van der Waals surface area (Å²) in [5.74, 6) is -0.462. The highest BCUT2D eigenvalue weighted by Gasteiger charge is 2.33. The quantitative estimate of drug-likeness (QED) is 0.742. The van der Waals surface area contributed by atoms with Gasteiger partial charge in [-0.25, -0.2) is 4.39 Å². The molecule has 0 atom stereocenters. The molecular formula is C15H22FNO2. The molecule has 0 saturated carbocycles. The molecule has 0 heterocycles. The zero-order valence-electron chi connectivity index (χ0n) is 12.1. The third-order valence-corrected chi connectivity index (χ3v) is 3.40. The van der Waals surface area contributed by atoms with E-state index in [-0.39, 0.29) is 11.8 Å². The SMILES string of the molecule is CCOC(=O)C(C)(C)N(C)CCc1ccccc1F. The van der Waals surface area contributed by atoms with Gasteiger partial charge in [0, 0.05) is 6.54 Å². The topological polar surface area (TPSA) is 29.5 Å². The molecule has 19 heavy (non-hydrogen) atoms. The highest BCUT2D eigenvalue weighted by atomic mass is 19.1. The van der Waals surface area contributed by atoms with Crippen LogP contribution < -0.4 is 0 Å². The summed E-state index contributed by atoms with van der Waals surface area (Å²) in [7, 11) is 1.85. The molecule has 4 heteroatoms. The predicted molar refractivity (Wildman–Crippen MR) is 73.4 cm³/mol. The number of ether oxygens (including phenoxy) is 1. The van der Waals surface area contributed by atoms with Gasteiger partial charge >= 0.3 is 5.97 Å².